The van der Waals surface area contributed by atoms with Crippen LogP contribution in [0.3, 0.4) is 0 Å². The van der Waals surface area contributed by atoms with E-state index in [4.69, 9.17) is 10.5 Å². The molecule has 0 saturated heterocycles. The summed E-state index contributed by atoms with van der Waals surface area (Å²) in [6.07, 6.45) is 0. The molecular weight excluding hydrogens is 258 g/mol. The lowest BCUT2D eigenvalue weighted by atomic mass is 10.0. The molecule has 2 nitrogen and oxygen atoms in total. The van der Waals surface area contributed by atoms with Crippen LogP contribution in [-0.2, 0) is 6.61 Å². The van der Waals surface area contributed by atoms with Gasteiger partial charge in [0.15, 0.2) is 0 Å². The molecular formula is C19H21NO. The summed E-state index contributed by atoms with van der Waals surface area (Å²) < 4.78 is 5.79. The van der Waals surface area contributed by atoms with Crippen LogP contribution in [0.2, 0.25) is 0 Å². The fourth-order valence-corrected chi connectivity index (χ4v) is 1.95. The lowest BCUT2D eigenvalue weighted by Crippen LogP contribution is -1.96. The monoisotopic (exact) mass is 279 g/mol. The van der Waals surface area contributed by atoms with Gasteiger partial charge in [0, 0.05) is 5.56 Å². The average Bonchev–Trinajstić information content (AvgIpc) is 2.52. The molecule has 0 spiro atoms. The minimum Gasteiger partial charge on any atom is -0.489 e. The Balaban J connectivity index is 1.93. The van der Waals surface area contributed by atoms with Crippen LogP contribution >= 0.6 is 0 Å². The Morgan fingerprint density at radius 3 is 2.24 bits per heavy atom. The summed E-state index contributed by atoms with van der Waals surface area (Å²) in [5, 5.41) is 0. The molecule has 0 unspecified atom stereocenters. The van der Waals surface area contributed by atoms with Crippen LogP contribution in [0.4, 0.5) is 0 Å². The second-order valence-corrected chi connectivity index (χ2v) is 5.22. The molecule has 0 radical (unpaired) electrons. The fraction of sp³-hybridized carbons (Fsp3) is 0.263. The van der Waals surface area contributed by atoms with Gasteiger partial charge in [-0.3, -0.25) is 0 Å². The van der Waals surface area contributed by atoms with Gasteiger partial charge in [0.2, 0.25) is 0 Å². The predicted molar refractivity (Wildman–Crippen MR) is 87.2 cm³/mol. The van der Waals surface area contributed by atoms with E-state index in [-0.39, 0.29) is 0 Å². The van der Waals surface area contributed by atoms with Crippen molar-refractivity contribution in [3.05, 3.63) is 65.2 Å². The van der Waals surface area contributed by atoms with Gasteiger partial charge in [-0.15, -0.1) is 0 Å². The second kappa shape index (κ2) is 7.52. The van der Waals surface area contributed by atoms with Crippen LogP contribution in [0.5, 0.6) is 5.75 Å². The third-order valence-electron chi connectivity index (χ3n) is 3.24. The van der Waals surface area contributed by atoms with E-state index in [1.54, 1.807) is 0 Å². The van der Waals surface area contributed by atoms with Crippen LogP contribution in [-0.4, -0.2) is 6.54 Å². The SMILES string of the molecule is CC(C)c1ccc(OCc2ccc(C#CCN)cc2)cc1. The van der Waals surface area contributed by atoms with Gasteiger partial charge in [0.1, 0.15) is 12.4 Å². The molecule has 21 heavy (non-hydrogen) atoms. The molecule has 0 bridgehead atoms. The molecule has 0 amide bonds. The summed E-state index contributed by atoms with van der Waals surface area (Å²) >= 11 is 0. The topological polar surface area (TPSA) is 35.2 Å². The largest absolute Gasteiger partial charge is 0.489 e. The third kappa shape index (κ3) is 4.66. The molecule has 0 aliphatic carbocycles. The van der Waals surface area contributed by atoms with Gasteiger partial charge in [0.05, 0.1) is 6.54 Å². The van der Waals surface area contributed by atoms with Crippen molar-refractivity contribution in [2.24, 2.45) is 5.73 Å². The molecule has 0 aliphatic rings. The maximum atomic E-state index is 5.79. The Morgan fingerprint density at radius 2 is 1.67 bits per heavy atom. The van der Waals surface area contributed by atoms with Crippen LogP contribution in [0, 0.1) is 11.8 Å². The summed E-state index contributed by atoms with van der Waals surface area (Å²) in [7, 11) is 0. The van der Waals surface area contributed by atoms with Crippen LogP contribution in [0.1, 0.15) is 36.5 Å². The van der Waals surface area contributed by atoms with E-state index in [1.807, 2.05) is 36.4 Å². The van der Waals surface area contributed by atoms with Crippen molar-refractivity contribution < 1.29 is 4.74 Å². The molecule has 2 rings (SSSR count). The van der Waals surface area contributed by atoms with Gasteiger partial charge in [-0.1, -0.05) is 50.0 Å². The molecule has 0 fully saturated rings. The molecule has 0 aromatic heterocycles. The van der Waals surface area contributed by atoms with Gasteiger partial charge in [0.25, 0.3) is 0 Å². The predicted octanol–water partition coefficient (Wildman–Crippen LogP) is 3.70. The minimum atomic E-state index is 0.386. The van der Waals surface area contributed by atoms with E-state index in [0.29, 0.717) is 19.1 Å². The number of hydrogen-bond acceptors (Lipinski definition) is 2. The highest BCUT2D eigenvalue weighted by molar-refractivity contribution is 5.36. The Hall–Kier alpha value is -2.24. The summed E-state index contributed by atoms with van der Waals surface area (Å²) in [5.41, 5.74) is 8.78. The first-order valence-corrected chi connectivity index (χ1v) is 7.19. The van der Waals surface area contributed by atoms with Crippen molar-refractivity contribution in [3.63, 3.8) is 0 Å². The zero-order valence-corrected chi connectivity index (χ0v) is 12.6. The van der Waals surface area contributed by atoms with E-state index < -0.39 is 0 Å². The van der Waals surface area contributed by atoms with Gasteiger partial charge < -0.3 is 10.5 Å². The summed E-state index contributed by atoms with van der Waals surface area (Å²) in [6, 6.07) is 16.3. The maximum absolute atomic E-state index is 5.79. The highest BCUT2D eigenvalue weighted by Crippen LogP contribution is 2.19. The lowest BCUT2D eigenvalue weighted by molar-refractivity contribution is 0.306. The smallest absolute Gasteiger partial charge is 0.119 e. The Kier molecular flexibility index (Phi) is 5.43. The highest BCUT2D eigenvalue weighted by Gasteiger charge is 2.00. The lowest BCUT2D eigenvalue weighted by Gasteiger charge is -2.09. The van der Waals surface area contributed by atoms with Crippen LogP contribution in [0.25, 0.3) is 0 Å². The van der Waals surface area contributed by atoms with E-state index in [2.05, 4.69) is 37.8 Å². The molecule has 0 heterocycles. The van der Waals surface area contributed by atoms with Crippen molar-refractivity contribution in [1.29, 1.82) is 0 Å². The maximum Gasteiger partial charge on any atom is 0.119 e. The van der Waals surface area contributed by atoms with Crippen molar-refractivity contribution in [2.45, 2.75) is 26.4 Å². The first kappa shape index (κ1) is 15.2. The zero-order valence-electron chi connectivity index (χ0n) is 12.6. The summed E-state index contributed by atoms with van der Waals surface area (Å²) in [4.78, 5) is 0. The number of benzene rings is 2. The zero-order chi connectivity index (χ0) is 15.1. The van der Waals surface area contributed by atoms with E-state index in [0.717, 1.165) is 16.9 Å². The normalized spacial score (nSPS) is 10.1. The number of rotatable bonds is 4. The van der Waals surface area contributed by atoms with E-state index in [1.165, 1.54) is 5.56 Å². The molecule has 2 aromatic rings. The van der Waals surface area contributed by atoms with Crippen molar-refractivity contribution >= 4 is 0 Å². The minimum absolute atomic E-state index is 0.386. The first-order valence-electron chi connectivity index (χ1n) is 7.19. The van der Waals surface area contributed by atoms with Gasteiger partial charge in [-0.05, 0) is 41.3 Å². The van der Waals surface area contributed by atoms with Crippen LogP contribution < -0.4 is 10.5 Å². The summed E-state index contributed by atoms with van der Waals surface area (Å²) in [5.74, 6) is 7.29. The number of ether oxygens (including phenoxy) is 1. The Bertz CT molecular complexity index is 615. The van der Waals surface area contributed by atoms with Gasteiger partial charge in [-0.2, -0.15) is 0 Å². The van der Waals surface area contributed by atoms with Crippen molar-refractivity contribution in [1.82, 2.24) is 0 Å². The third-order valence-corrected chi connectivity index (χ3v) is 3.24. The molecule has 2 heteroatoms. The average molecular weight is 279 g/mol. The summed E-state index contributed by atoms with van der Waals surface area (Å²) in [6.45, 7) is 5.32. The first-order chi connectivity index (χ1) is 10.2. The standard InChI is InChI=1S/C19H21NO/c1-15(2)18-9-11-19(12-10-18)21-14-17-7-5-16(6-8-17)4-3-13-20/h5-12,15H,13-14,20H2,1-2H3. The van der Waals surface area contributed by atoms with Crippen molar-refractivity contribution in [3.8, 4) is 17.6 Å². The van der Waals surface area contributed by atoms with Gasteiger partial charge >= 0.3 is 0 Å². The van der Waals surface area contributed by atoms with E-state index in [9.17, 15) is 0 Å². The second-order valence-electron chi connectivity index (χ2n) is 5.22. The van der Waals surface area contributed by atoms with Gasteiger partial charge in [-0.25, -0.2) is 0 Å². The quantitative estimate of drug-likeness (QED) is 0.866. The number of hydrogen-bond donors (Lipinski definition) is 1. The molecule has 2 aromatic carbocycles. The van der Waals surface area contributed by atoms with E-state index >= 15 is 0 Å². The molecule has 0 atom stereocenters. The fourth-order valence-electron chi connectivity index (χ4n) is 1.95. The molecule has 0 aliphatic heterocycles. The Morgan fingerprint density at radius 1 is 1.00 bits per heavy atom. The van der Waals surface area contributed by atoms with Crippen molar-refractivity contribution in [2.75, 3.05) is 6.54 Å². The Labute approximate surface area is 126 Å². The molecule has 0 saturated carbocycles. The number of nitrogens with two attached hydrogens (primary N) is 1. The highest BCUT2D eigenvalue weighted by atomic mass is 16.5. The molecule has 2 N–H and O–H groups in total. The van der Waals surface area contributed by atoms with Crippen LogP contribution in [0.15, 0.2) is 48.5 Å². The molecule has 108 valence electrons.